The van der Waals surface area contributed by atoms with E-state index in [9.17, 15) is 9.18 Å². The van der Waals surface area contributed by atoms with Crippen molar-refractivity contribution < 1.29 is 9.18 Å². The summed E-state index contributed by atoms with van der Waals surface area (Å²) in [5.41, 5.74) is 0.779. The number of rotatable bonds is 2. The lowest BCUT2D eigenvalue weighted by molar-refractivity contribution is -0.119. The van der Waals surface area contributed by atoms with E-state index in [0.717, 1.165) is 5.56 Å². The largest absolute Gasteiger partial charge is 0.352 e. The second-order valence-electron chi connectivity index (χ2n) is 2.66. The normalized spacial score (nSPS) is 9.77. The Morgan fingerprint density at radius 1 is 1.62 bits per heavy atom. The second kappa shape index (κ2) is 4.23. The molecular formula is C9H9ClFNO. The predicted molar refractivity (Wildman–Crippen MR) is 48.9 cm³/mol. The van der Waals surface area contributed by atoms with Crippen LogP contribution in [-0.4, -0.2) is 5.91 Å². The molecule has 0 atom stereocenters. The van der Waals surface area contributed by atoms with Crippen LogP contribution in [0.15, 0.2) is 18.2 Å². The molecule has 0 aliphatic rings. The van der Waals surface area contributed by atoms with E-state index < -0.39 is 5.82 Å². The highest BCUT2D eigenvalue weighted by Gasteiger charge is 2.00. The number of benzene rings is 1. The zero-order valence-corrected chi connectivity index (χ0v) is 7.86. The Balaban J connectivity index is 2.68. The summed E-state index contributed by atoms with van der Waals surface area (Å²) in [5, 5.41) is 2.66. The average Bonchev–Trinajstić information content (AvgIpc) is 2.07. The summed E-state index contributed by atoms with van der Waals surface area (Å²) in [5.74, 6) is -0.575. The SMILES string of the molecule is CC(=O)NCc1ccc(F)c(Cl)c1. The highest BCUT2D eigenvalue weighted by Crippen LogP contribution is 2.15. The van der Waals surface area contributed by atoms with E-state index in [1.54, 1.807) is 6.07 Å². The van der Waals surface area contributed by atoms with Gasteiger partial charge in [-0.2, -0.15) is 0 Å². The van der Waals surface area contributed by atoms with Crippen molar-refractivity contribution in [2.75, 3.05) is 0 Å². The number of amides is 1. The third kappa shape index (κ3) is 3.03. The van der Waals surface area contributed by atoms with Crippen LogP contribution >= 0.6 is 11.6 Å². The van der Waals surface area contributed by atoms with E-state index in [1.165, 1.54) is 19.1 Å². The third-order valence-corrected chi connectivity index (χ3v) is 1.82. The quantitative estimate of drug-likeness (QED) is 0.780. The molecule has 0 fully saturated rings. The van der Waals surface area contributed by atoms with Gasteiger partial charge in [-0.05, 0) is 17.7 Å². The van der Waals surface area contributed by atoms with Gasteiger partial charge >= 0.3 is 0 Å². The van der Waals surface area contributed by atoms with Crippen LogP contribution in [0.5, 0.6) is 0 Å². The third-order valence-electron chi connectivity index (χ3n) is 1.53. The summed E-state index contributed by atoms with van der Waals surface area (Å²) >= 11 is 5.54. The van der Waals surface area contributed by atoms with Crippen molar-refractivity contribution in [3.8, 4) is 0 Å². The zero-order chi connectivity index (χ0) is 9.84. The highest BCUT2D eigenvalue weighted by atomic mass is 35.5. The Labute approximate surface area is 80.7 Å². The number of carbonyl (C=O) groups excluding carboxylic acids is 1. The van der Waals surface area contributed by atoms with Crippen molar-refractivity contribution in [1.29, 1.82) is 0 Å². The first kappa shape index (κ1) is 9.99. The van der Waals surface area contributed by atoms with Crippen LogP contribution < -0.4 is 5.32 Å². The van der Waals surface area contributed by atoms with Gasteiger partial charge in [-0.15, -0.1) is 0 Å². The molecular weight excluding hydrogens is 193 g/mol. The van der Waals surface area contributed by atoms with E-state index >= 15 is 0 Å². The van der Waals surface area contributed by atoms with Gasteiger partial charge in [-0.1, -0.05) is 17.7 Å². The van der Waals surface area contributed by atoms with Crippen LogP contribution in [0.25, 0.3) is 0 Å². The molecule has 0 bridgehead atoms. The molecule has 1 amide bonds. The fraction of sp³-hybridized carbons (Fsp3) is 0.222. The van der Waals surface area contributed by atoms with Crippen molar-refractivity contribution in [3.63, 3.8) is 0 Å². The number of halogens is 2. The van der Waals surface area contributed by atoms with E-state index in [1.807, 2.05) is 0 Å². The Hall–Kier alpha value is -1.09. The summed E-state index contributed by atoms with van der Waals surface area (Å²) in [6.45, 7) is 1.79. The Bertz CT molecular complexity index is 327. The summed E-state index contributed by atoms with van der Waals surface area (Å²) < 4.78 is 12.7. The number of hydrogen-bond acceptors (Lipinski definition) is 1. The minimum Gasteiger partial charge on any atom is -0.352 e. The molecule has 0 aliphatic heterocycles. The molecule has 1 aromatic rings. The number of nitrogens with one attached hydrogen (secondary N) is 1. The Morgan fingerprint density at radius 3 is 2.85 bits per heavy atom. The molecule has 4 heteroatoms. The molecule has 70 valence electrons. The smallest absolute Gasteiger partial charge is 0.217 e. The lowest BCUT2D eigenvalue weighted by atomic mass is 10.2. The van der Waals surface area contributed by atoms with E-state index in [-0.39, 0.29) is 10.9 Å². The van der Waals surface area contributed by atoms with Crippen molar-refractivity contribution in [1.82, 2.24) is 5.32 Å². The molecule has 0 aromatic heterocycles. The standard InChI is InChI=1S/C9H9ClFNO/c1-6(13)12-5-7-2-3-9(11)8(10)4-7/h2-4H,5H2,1H3,(H,12,13). The van der Waals surface area contributed by atoms with Gasteiger partial charge in [0, 0.05) is 13.5 Å². The number of hydrogen-bond donors (Lipinski definition) is 1. The van der Waals surface area contributed by atoms with E-state index in [4.69, 9.17) is 11.6 Å². The molecule has 0 saturated heterocycles. The van der Waals surface area contributed by atoms with Gasteiger partial charge in [0.05, 0.1) is 5.02 Å². The zero-order valence-electron chi connectivity index (χ0n) is 7.10. The monoisotopic (exact) mass is 201 g/mol. The maximum atomic E-state index is 12.7. The van der Waals surface area contributed by atoms with Crippen molar-refractivity contribution in [2.45, 2.75) is 13.5 Å². The van der Waals surface area contributed by atoms with Crippen molar-refractivity contribution in [3.05, 3.63) is 34.6 Å². The van der Waals surface area contributed by atoms with Crippen LogP contribution in [0.3, 0.4) is 0 Å². The van der Waals surface area contributed by atoms with Gasteiger partial charge in [0.15, 0.2) is 0 Å². The lowest BCUT2D eigenvalue weighted by Crippen LogP contribution is -2.18. The summed E-state index contributed by atoms with van der Waals surface area (Å²) in [6.07, 6.45) is 0. The molecule has 0 unspecified atom stereocenters. The molecule has 0 spiro atoms. The molecule has 0 saturated carbocycles. The van der Waals surface area contributed by atoms with Gasteiger partial charge in [0.25, 0.3) is 0 Å². The van der Waals surface area contributed by atoms with Crippen LogP contribution in [0.2, 0.25) is 5.02 Å². The lowest BCUT2D eigenvalue weighted by Gasteiger charge is -2.02. The topological polar surface area (TPSA) is 29.1 Å². The maximum absolute atomic E-state index is 12.7. The van der Waals surface area contributed by atoms with Crippen LogP contribution in [-0.2, 0) is 11.3 Å². The molecule has 0 radical (unpaired) electrons. The number of carbonyl (C=O) groups is 1. The van der Waals surface area contributed by atoms with Crippen LogP contribution in [0, 0.1) is 5.82 Å². The first-order valence-corrected chi connectivity index (χ1v) is 4.16. The average molecular weight is 202 g/mol. The van der Waals surface area contributed by atoms with Crippen molar-refractivity contribution >= 4 is 17.5 Å². The summed E-state index contributed by atoms with van der Waals surface area (Å²) in [4.78, 5) is 10.6. The van der Waals surface area contributed by atoms with Gasteiger partial charge < -0.3 is 5.32 Å². The maximum Gasteiger partial charge on any atom is 0.217 e. The van der Waals surface area contributed by atoms with Gasteiger partial charge in [0.1, 0.15) is 5.82 Å². The van der Waals surface area contributed by atoms with E-state index in [0.29, 0.717) is 6.54 Å². The van der Waals surface area contributed by atoms with Gasteiger partial charge in [-0.25, -0.2) is 4.39 Å². The molecule has 13 heavy (non-hydrogen) atoms. The minimum atomic E-state index is -0.451. The molecule has 1 aromatic carbocycles. The molecule has 2 nitrogen and oxygen atoms in total. The first-order chi connectivity index (χ1) is 6.09. The first-order valence-electron chi connectivity index (χ1n) is 3.78. The minimum absolute atomic E-state index is 0.0721. The summed E-state index contributed by atoms with van der Waals surface area (Å²) in [7, 11) is 0. The fourth-order valence-corrected chi connectivity index (χ4v) is 1.08. The Kier molecular flexibility index (Phi) is 3.25. The van der Waals surface area contributed by atoms with Crippen LogP contribution in [0.4, 0.5) is 4.39 Å². The molecule has 0 aliphatic carbocycles. The van der Waals surface area contributed by atoms with Crippen molar-refractivity contribution in [2.24, 2.45) is 0 Å². The van der Waals surface area contributed by atoms with Crippen LogP contribution in [0.1, 0.15) is 12.5 Å². The fourth-order valence-electron chi connectivity index (χ4n) is 0.876. The molecule has 0 heterocycles. The van der Waals surface area contributed by atoms with Gasteiger partial charge in [0.2, 0.25) is 5.91 Å². The highest BCUT2D eigenvalue weighted by molar-refractivity contribution is 6.30. The predicted octanol–water partition coefficient (Wildman–Crippen LogP) is 2.12. The second-order valence-corrected chi connectivity index (χ2v) is 3.07. The molecule has 1 N–H and O–H groups in total. The summed E-state index contributed by atoms with van der Waals surface area (Å²) in [6, 6.07) is 4.35. The molecule has 1 rings (SSSR count). The van der Waals surface area contributed by atoms with Gasteiger partial charge in [-0.3, -0.25) is 4.79 Å². The van der Waals surface area contributed by atoms with E-state index in [2.05, 4.69) is 5.32 Å². The Morgan fingerprint density at radius 2 is 2.31 bits per heavy atom.